The number of hydrogen-bond acceptors (Lipinski definition) is 12. The van der Waals surface area contributed by atoms with Gasteiger partial charge < -0.3 is 64.8 Å². The zero-order valence-corrected chi connectivity index (χ0v) is 38.0. The lowest BCUT2D eigenvalue weighted by atomic mass is 10.2. The number of amides is 8. The van der Waals surface area contributed by atoms with Crippen molar-refractivity contribution >= 4 is 76.3 Å². The Morgan fingerprint density at radius 2 is 0.879 bits per heavy atom. The maximum Gasteiger partial charge on any atom is 0.413 e. The number of anilines is 5. The molecule has 0 aliphatic carbocycles. The van der Waals surface area contributed by atoms with Crippen molar-refractivity contribution in [1.82, 2.24) is 53.7 Å². The van der Waals surface area contributed by atoms with Gasteiger partial charge in [-0.05, 0) is 39.3 Å². The van der Waals surface area contributed by atoms with E-state index in [9.17, 15) is 38.4 Å². The summed E-state index contributed by atoms with van der Waals surface area (Å²) in [5.74, 6) is -3.04. The van der Waals surface area contributed by atoms with E-state index in [2.05, 4.69) is 57.5 Å². The Morgan fingerprint density at radius 3 is 1.27 bits per heavy atom. The summed E-state index contributed by atoms with van der Waals surface area (Å²) in [5, 5.41) is 21.1. The summed E-state index contributed by atoms with van der Waals surface area (Å²) in [6.07, 6.45) is 7.26. The van der Waals surface area contributed by atoms with Crippen molar-refractivity contribution < 1.29 is 43.1 Å². The third-order valence-corrected chi connectivity index (χ3v) is 9.20. The molecule has 0 atom stereocenters. The van der Waals surface area contributed by atoms with Crippen molar-refractivity contribution in [3.05, 3.63) is 72.0 Å². The highest BCUT2D eigenvalue weighted by Crippen LogP contribution is 2.18. The average Bonchev–Trinajstić information content (AvgIpc) is 4.04. The lowest BCUT2D eigenvalue weighted by Crippen LogP contribution is -2.29. The van der Waals surface area contributed by atoms with E-state index in [0.717, 1.165) is 6.42 Å². The second-order valence-corrected chi connectivity index (χ2v) is 16.0. The van der Waals surface area contributed by atoms with Crippen molar-refractivity contribution in [3.63, 3.8) is 0 Å². The Morgan fingerprint density at radius 1 is 0.500 bits per heavy atom. The van der Waals surface area contributed by atoms with Crippen LogP contribution in [-0.2, 0) is 49.6 Å². The second kappa shape index (κ2) is 21.0. The first kappa shape index (κ1) is 48.8. The van der Waals surface area contributed by atoms with Crippen LogP contribution in [0.5, 0.6) is 0 Å². The topological polar surface area (TPSA) is 305 Å². The number of rotatable bonds is 18. The number of ether oxygens (including phenoxy) is 1. The van der Waals surface area contributed by atoms with Gasteiger partial charge in [0.1, 0.15) is 17.0 Å². The predicted molar refractivity (Wildman–Crippen MR) is 240 cm³/mol. The maximum absolute atomic E-state index is 13.2. The number of nitrogens with one attached hydrogen (secondary N) is 8. The third kappa shape index (κ3) is 13.1. The van der Waals surface area contributed by atoms with E-state index in [1.807, 2.05) is 6.92 Å². The van der Waals surface area contributed by atoms with Gasteiger partial charge in [0, 0.05) is 98.7 Å². The van der Waals surface area contributed by atoms with E-state index in [1.54, 1.807) is 56.0 Å². The van der Waals surface area contributed by atoms with E-state index in [-0.39, 0.29) is 83.8 Å². The van der Waals surface area contributed by atoms with Gasteiger partial charge in [0.05, 0.1) is 11.4 Å². The molecule has 0 aromatic carbocycles. The molecule has 0 radical (unpaired) electrons. The predicted octanol–water partition coefficient (Wildman–Crippen LogP) is 2.07. The Hall–Kier alpha value is -8.25. The molecule has 0 aliphatic heterocycles. The lowest BCUT2D eigenvalue weighted by Gasteiger charge is -2.18. The molecule has 0 bridgehead atoms. The molecule has 352 valence electrons. The number of carbonyl (C=O) groups is 8. The highest BCUT2D eigenvalue weighted by atomic mass is 16.6. The monoisotopic (exact) mass is 914 g/mol. The van der Waals surface area contributed by atoms with Crippen molar-refractivity contribution in [2.24, 2.45) is 35.2 Å². The van der Waals surface area contributed by atoms with Crippen LogP contribution in [-0.4, -0.2) is 110 Å². The van der Waals surface area contributed by atoms with Crippen molar-refractivity contribution in [3.8, 4) is 0 Å². The molecule has 25 heteroatoms. The van der Waals surface area contributed by atoms with Gasteiger partial charge in [0.2, 0.25) is 29.3 Å². The molecule has 5 aromatic heterocycles. The normalized spacial score (nSPS) is 11.0. The average molecular weight is 915 g/mol. The molecule has 0 fully saturated rings. The van der Waals surface area contributed by atoms with Gasteiger partial charge in [-0.1, -0.05) is 6.92 Å². The number of hydrogen-bond donors (Lipinski definition) is 8. The Kier molecular flexibility index (Phi) is 15.5. The summed E-state index contributed by atoms with van der Waals surface area (Å²) in [7, 11) is 7.99. The first-order chi connectivity index (χ1) is 31.1. The van der Waals surface area contributed by atoms with Gasteiger partial charge in [0.15, 0.2) is 17.5 Å². The molecule has 5 aromatic rings. The van der Waals surface area contributed by atoms with Crippen LogP contribution in [0, 0.1) is 0 Å². The molecule has 0 spiro atoms. The van der Waals surface area contributed by atoms with Gasteiger partial charge in [-0.15, -0.1) is 0 Å². The number of carbonyl (C=O) groups excluding carboxylic acids is 8. The largest absolute Gasteiger partial charge is 0.444 e. The number of aryl methyl sites for hydroxylation is 5. The minimum absolute atomic E-state index is 0.00740. The van der Waals surface area contributed by atoms with Crippen LogP contribution in [0.25, 0.3) is 0 Å². The van der Waals surface area contributed by atoms with E-state index >= 15 is 0 Å². The van der Waals surface area contributed by atoms with Crippen molar-refractivity contribution in [1.29, 1.82) is 0 Å². The van der Waals surface area contributed by atoms with E-state index in [4.69, 9.17) is 4.74 Å². The first-order valence-electron chi connectivity index (χ1n) is 20.6. The van der Waals surface area contributed by atoms with Gasteiger partial charge in [-0.2, -0.15) is 0 Å². The number of nitrogens with zero attached hydrogens (tertiary/aromatic N) is 8. The highest BCUT2D eigenvalue weighted by molar-refractivity contribution is 6.05. The smallest absolute Gasteiger partial charge is 0.413 e. The van der Waals surface area contributed by atoms with Crippen molar-refractivity contribution in [2.75, 3.05) is 46.2 Å². The summed E-state index contributed by atoms with van der Waals surface area (Å²) < 4.78 is 12.5. The number of imidazole rings is 3. The standard InChI is InChI=1S/C41H54N16O9/c1-10-13-42-37(62)32-49-27(20-55(32)7)47-30(58)11-14-43-35(60)25-16-23(18-53(25)5)45-38(63)33-50-28(21-56(33)8)48-31(59)12-15-44-36(61)26-17-24(19-54(26)6)46-39(64)34-51-29(22-57(34)9)52-40(65)66-41(2,3)4/h16-22H,10-15H2,1-9H3,(H,42,62)(H,43,60)(H,44,61)(H,45,63)(H,46,64)(H,47,58)(H,48,59)(H,52,65). The number of aromatic nitrogens is 8. The molecule has 8 N–H and O–H groups in total. The molecular formula is C41H54N16O9. The fourth-order valence-corrected chi connectivity index (χ4v) is 6.20. The SMILES string of the molecule is CCCNC(=O)c1nc(NC(=O)CCNC(=O)c2cc(NC(=O)c3nc(NC(=O)CCNC(=O)c4cc(NC(=O)c5nc(NC(=O)OC(C)(C)C)cn5C)cn4C)cn3C)cn2C)cn1C. The summed E-state index contributed by atoms with van der Waals surface area (Å²) in [4.78, 5) is 114. The summed E-state index contributed by atoms with van der Waals surface area (Å²) in [6.45, 7) is 7.50. The third-order valence-electron chi connectivity index (χ3n) is 9.20. The summed E-state index contributed by atoms with van der Waals surface area (Å²) in [5.41, 5.74) is 0.247. The molecule has 0 aliphatic rings. The molecule has 0 unspecified atom stereocenters. The zero-order valence-electron chi connectivity index (χ0n) is 38.0. The lowest BCUT2D eigenvalue weighted by molar-refractivity contribution is -0.116. The molecule has 8 amide bonds. The molecular weight excluding hydrogens is 861 g/mol. The Balaban J connectivity index is 1.05. The zero-order chi connectivity index (χ0) is 48.5. The van der Waals surface area contributed by atoms with Gasteiger partial charge in [-0.3, -0.25) is 38.9 Å². The van der Waals surface area contributed by atoms with E-state index < -0.39 is 47.1 Å². The second-order valence-electron chi connectivity index (χ2n) is 16.0. The Labute approximate surface area is 378 Å². The minimum Gasteiger partial charge on any atom is -0.444 e. The Bertz CT molecular complexity index is 2660. The summed E-state index contributed by atoms with van der Waals surface area (Å²) in [6, 6.07) is 2.90. The molecule has 0 saturated carbocycles. The quantitative estimate of drug-likeness (QED) is 0.0627. The van der Waals surface area contributed by atoms with Crippen LogP contribution >= 0.6 is 0 Å². The van der Waals surface area contributed by atoms with Crippen LogP contribution in [0.1, 0.15) is 99.8 Å². The molecule has 0 saturated heterocycles. The van der Waals surface area contributed by atoms with E-state index in [1.165, 1.54) is 66.0 Å². The van der Waals surface area contributed by atoms with Crippen LogP contribution in [0.3, 0.4) is 0 Å². The van der Waals surface area contributed by atoms with Crippen LogP contribution in [0.4, 0.5) is 33.6 Å². The molecule has 25 nitrogen and oxygen atoms in total. The van der Waals surface area contributed by atoms with E-state index in [0.29, 0.717) is 12.2 Å². The molecule has 66 heavy (non-hydrogen) atoms. The van der Waals surface area contributed by atoms with Crippen LogP contribution in [0.2, 0.25) is 0 Å². The molecule has 5 rings (SSSR count). The highest BCUT2D eigenvalue weighted by Gasteiger charge is 2.23. The maximum atomic E-state index is 13.2. The van der Waals surface area contributed by atoms with Crippen LogP contribution < -0.4 is 42.5 Å². The first-order valence-corrected chi connectivity index (χ1v) is 20.6. The van der Waals surface area contributed by atoms with Crippen molar-refractivity contribution in [2.45, 2.75) is 52.6 Å². The minimum atomic E-state index is -0.728. The van der Waals surface area contributed by atoms with Gasteiger partial charge >= 0.3 is 6.09 Å². The summed E-state index contributed by atoms with van der Waals surface area (Å²) >= 11 is 0. The van der Waals surface area contributed by atoms with Crippen LogP contribution in [0.15, 0.2) is 43.1 Å². The van der Waals surface area contributed by atoms with Gasteiger partial charge in [-0.25, -0.2) is 19.7 Å². The fourth-order valence-electron chi connectivity index (χ4n) is 6.20. The molecule has 5 heterocycles. The van der Waals surface area contributed by atoms with Gasteiger partial charge in [0.25, 0.3) is 29.5 Å². The fraction of sp³-hybridized carbons (Fsp3) is 0.390.